The van der Waals surface area contributed by atoms with Crippen molar-refractivity contribution >= 4 is 39.1 Å². The molecule has 1 aromatic heterocycles. The van der Waals surface area contributed by atoms with Crippen LogP contribution in [-0.2, 0) is 35.7 Å². The van der Waals surface area contributed by atoms with Gasteiger partial charge in [0.1, 0.15) is 5.82 Å². The lowest BCUT2D eigenvalue weighted by Gasteiger charge is -2.12. The van der Waals surface area contributed by atoms with Crippen molar-refractivity contribution in [1.82, 2.24) is 4.57 Å². The summed E-state index contributed by atoms with van der Waals surface area (Å²) in [5.74, 6) is -2.07. The van der Waals surface area contributed by atoms with E-state index in [0.29, 0.717) is 21.8 Å². The summed E-state index contributed by atoms with van der Waals surface area (Å²) in [4.78, 5) is 23.7. The molecule has 9 heteroatoms. The van der Waals surface area contributed by atoms with Crippen LogP contribution in [0.3, 0.4) is 0 Å². The van der Waals surface area contributed by atoms with Crippen molar-refractivity contribution < 1.29 is 22.7 Å². The number of nitrogens with one attached hydrogen (secondary N) is 1. The highest BCUT2D eigenvalue weighted by molar-refractivity contribution is 7.90. The van der Waals surface area contributed by atoms with E-state index in [1.165, 1.54) is 0 Å². The standard InChI is InChI=1S/C16H15ClN2O5S/c1-2-24-16(21)15(20)18-14-13-9-25(22,23)8-10(13)7-19(14)12-5-3-4-11(17)6-12/h3-7H,2,8-9H2,1H3,(H,18,20). The molecular formula is C16H15ClN2O5S. The molecule has 1 amide bonds. The van der Waals surface area contributed by atoms with E-state index in [-0.39, 0.29) is 23.9 Å². The van der Waals surface area contributed by atoms with Gasteiger partial charge in [0.05, 0.1) is 18.1 Å². The van der Waals surface area contributed by atoms with Crippen LogP contribution in [0.4, 0.5) is 5.82 Å². The van der Waals surface area contributed by atoms with Gasteiger partial charge in [0.15, 0.2) is 9.84 Å². The second kappa shape index (κ2) is 6.53. The third kappa shape index (κ3) is 3.54. The van der Waals surface area contributed by atoms with Crippen LogP contribution < -0.4 is 5.32 Å². The Kier molecular flexibility index (Phi) is 4.57. The summed E-state index contributed by atoms with van der Waals surface area (Å²) in [7, 11) is -3.26. The topological polar surface area (TPSA) is 94.5 Å². The maximum atomic E-state index is 12.0. The number of carbonyl (C=O) groups is 2. The fourth-order valence-electron chi connectivity index (χ4n) is 2.71. The molecule has 0 saturated heterocycles. The first-order valence-electron chi connectivity index (χ1n) is 7.48. The van der Waals surface area contributed by atoms with Crippen LogP contribution in [0, 0.1) is 0 Å². The first-order valence-corrected chi connectivity index (χ1v) is 9.68. The quantitative estimate of drug-likeness (QED) is 0.647. The zero-order chi connectivity index (χ0) is 18.2. The molecule has 0 saturated carbocycles. The van der Waals surface area contributed by atoms with E-state index in [9.17, 15) is 18.0 Å². The van der Waals surface area contributed by atoms with Crippen molar-refractivity contribution in [3.05, 3.63) is 46.6 Å². The number of hydrogen-bond acceptors (Lipinski definition) is 5. The van der Waals surface area contributed by atoms with Crippen molar-refractivity contribution in [2.45, 2.75) is 18.4 Å². The summed E-state index contributed by atoms with van der Waals surface area (Å²) in [5.41, 5.74) is 1.69. The SMILES string of the molecule is CCOC(=O)C(=O)Nc1c2c(cn1-c1cccc(Cl)c1)CS(=O)(=O)C2. The molecule has 3 rings (SSSR count). The summed E-state index contributed by atoms with van der Waals surface area (Å²) in [6, 6.07) is 6.86. The number of carbonyl (C=O) groups excluding carboxylic acids is 2. The Morgan fingerprint density at radius 2 is 2.08 bits per heavy atom. The Balaban J connectivity index is 2.05. The first kappa shape index (κ1) is 17.5. The van der Waals surface area contributed by atoms with Crippen molar-refractivity contribution in [2.24, 2.45) is 0 Å². The zero-order valence-corrected chi connectivity index (χ0v) is 14.9. The fraction of sp³-hybridized carbons (Fsp3) is 0.250. The lowest BCUT2D eigenvalue weighted by Crippen LogP contribution is -2.26. The molecule has 0 spiro atoms. The van der Waals surface area contributed by atoms with E-state index in [0.717, 1.165) is 0 Å². The maximum Gasteiger partial charge on any atom is 0.397 e. The average Bonchev–Trinajstić information content (AvgIpc) is 3.00. The number of esters is 1. The molecule has 2 aromatic rings. The molecular weight excluding hydrogens is 368 g/mol. The number of benzene rings is 1. The minimum atomic E-state index is -3.26. The fourth-order valence-corrected chi connectivity index (χ4v) is 4.48. The van der Waals surface area contributed by atoms with Gasteiger partial charge in [-0.3, -0.25) is 4.79 Å². The number of halogens is 1. The van der Waals surface area contributed by atoms with Crippen LogP contribution in [0.2, 0.25) is 5.02 Å². The van der Waals surface area contributed by atoms with Crippen LogP contribution in [0.15, 0.2) is 30.5 Å². The molecule has 1 aromatic carbocycles. The largest absolute Gasteiger partial charge is 0.459 e. The lowest BCUT2D eigenvalue weighted by atomic mass is 10.2. The summed E-state index contributed by atoms with van der Waals surface area (Å²) in [6.45, 7) is 1.65. The Hall–Kier alpha value is -2.32. The molecule has 2 heterocycles. The molecule has 0 aliphatic carbocycles. The van der Waals surface area contributed by atoms with Gasteiger partial charge >= 0.3 is 11.9 Å². The molecule has 0 bridgehead atoms. The molecule has 132 valence electrons. The van der Waals surface area contributed by atoms with E-state index in [1.54, 1.807) is 42.0 Å². The van der Waals surface area contributed by atoms with Gasteiger partial charge in [-0.25, -0.2) is 13.2 Å². The van der Waals surface area contributed by atoms with Crippen molar-refractivity contribution in [3.63, 3.8) is 0 Å². The smallest absolute Gasteiger partial charge is 0.397 e. The molecule has 1 N–H and O–H groups in total. The Morgan fingerprint density at radius 1 is 1.32 bits per heavy atom. The number of ether oxygens (including phenoxy) is 1. The predicted octanol–water partition coefficient (Wildman–Crippen LogP) is 2.06. The van der Waals surface area contributed by atoms with Crippen LogP contribution in [0.5, 0.6) is 0 Å². The summed E-state index contributed by atoms with van der Waals surface area (Å²) < 4.78 is 30.1. The van der Waals surface area contributed by atoms with Gasteiger partial charge in [-0.1, -0.05) is 17.7 Å². The van der Waals surface area contributed by atoms with Crippen LogP contribution in [0.25, 0.3) is 5.69 Å². The summed E-state index contributed by atoms with van der Waals surface area (Å²) in [6.07, 6.45) is 1.63. The first-order chi connectivity index (χ1) is 11.8. The van der Waals surface area contributed by atoms with Gasteiger partial charge < -0.3 is 14.6 Å². The number of fused-ring (bicyclic) bond motifs is 1. The molecule has 1 aliphatic heterocycles. The molecule has 0 unspecified atom stereocenters. The lowest BCUT2D eigenvalue weighted by molar-refractivity contribution is -0.152. The molecule has 25 heavy (non-hydrogen) atoms. The second-order valence-corrected chi connectivity index (χ2v) is 8.04. The number of hydrogen-bond donors (Lipinski definition) is 1. The molecule has 0 atom stereocenters. The highest BCUT2D eigenvalue weighted by atomic mass is 35.5. The zero-order valence-electron chi connectivity index (χ0n) is 13.3. The molecule has 1 aliphatic rings. The Bertz CT molecular complexity index is 965. The van der Waals surface area contributed by atoms with E-state index >= 15 is 0 Å². The van der Waals surface area contributed by atoms with Crippen molar-refractivity contribution in [2.75, 3.05) is 11.9 Å². The van der Waals surface area contributed by atoms with Gasteiger partial charge in [-0.2, -0.15) is 0 Å². The Morgan fingerprint density at radius 3 is 2.76 bits per heavy atom. The predicted molar refractivity (Wildman–Crippen MR) is 92.4 cm³/mol. The van der Waals surface area contributed by atoms with Gasteiger partial charge in [-0.05, 0) is 30.7 Å². The number of nitrogens with zero attached hydrogens (tertiary/aromatic N) is 1. The average molecular weight is 383 g/mol. The van der Waals surface area contributed by atoms with E-state index in [2.05, 4.69) is 10.1 Å². The number of aromatic nitrogens is 1. The highest BCUT2D eigenvalue weighted by Crippen LogP contribution is 2.35. The van der Waals surface area contributed by atoms with Gasteiger partial charge in [0.2, 0.25) is 0 Å². The summed E-state index contributed by atoms with van der Waals surface area (Å²) >= 11 is 6.01. The third-order valence-electron chi connectivity index (χ3n) is 3.72. The van der Waals surface area contributed by atoms with E-state index in [4.69, 9.17) is 11.6 Å². The van der Waals surface area contributed by atoms with Crippen molar-refractivity contribution in [1.29, 1.82) is 0 Å². The summed E-state index contributed by atoms with van der Waals surface area (Å²) in [5, 5.41) is 2.96. The maximum absolute atomic E-state index is 12.0. The normalized spacial score (nSPS) is 14.8. The minimum absolute atomic E-state index is 0.0635. The number of amides is 1. The van der Waals surface area contributed by atoms with Gasteiger partial charge in [0.25, 0.3) is 0 Å². The highest BCUT2D eigenvalue weighted by Gasteiger charge is 2.32. The monoisotopic (exact) mass is 382 g/mol. The van der Waals surface area contributed by atoms with Crippen molar-refractivity contribution in [3.8, 4) is 5.69 Å². The third-order valence-corrected chi connectivity index (χ3v) is 5.43. The van der Waals surface area contributed by atoms with E-state index in [1.807, 2.05) is 0 Å². The second-order valence-electron chi connectivity index (χ2n) is 5.54. The minimum Gasteiger partial charge on any atom is -0.459 e. The van der Waals surface area contributed by atoms with Gasteiger partial charge in [0, 0.05) is 22.5 Å². The van der Waals surface area contributed by atoms with Gasteiger partial charge in [-0.15, -0.1) is 0 Å². The van der Waals surface area contributed by atoms with Crippen LogP contribution in [0.1, 0.15) is 18.1 Å². The number of rotatable bonds is 3. The molecule has 0 radical (unpaired) electrons. The number of sulfone groups is 1. The van der Waals surface area contributed by atoms with E-state index < -0.39 is 21.7 Å². The van der Waals surface area contributed by atoms with Crippen LogP contribution >= 0.6 is 11.6 Å². The molecule has 0 fully saturated rings. The van der Waals surface area contributed by atoms with Crippen LogP contribution in [-0.4, -0.2) is 31.5 Å². The Labute approximate surface area is 149 Å². The number of anilines is 1. The molecule has 7 nitrogen and oxygen atoms in total.